The van der Waals surface area contributed by atoms with E-state index in [9.17, 15) is 4.79 Å². The summed E-state index contributed by atoms with van der Waals surface area (Å²) in [5, 5.41) is 2.96. The number of aromatic nitrogens is 2. The van der Waals surface area contributed by atoms with Crippen molar-refractivity contribution in [3.8, 4) is 0 Å². The van der Waals surface area contributed by atoms with Gasteiger partial charge in [-0.2, -0.15) is 0 Å². The van der Waals surface area contributed by atoms with Gasteiger partial charge in [-0.15, -0.1) is 0 Å². The molecule has 0 bridgehead atoms. The van der Waals surface area contributed by atoms with Gasteiger partial charge in [-0.05, 0) is 25.5 Å². The number of urea groups is 1. The molecule has 1 atom stereocenters. The van der Waals surface area contributed by atoms with Crippen molar-refractivity contribution in [2.24, 2.45) is 5.92 Å². The third-order valence-corrected chi connectivity index (χ3v) is 4.01. The lowest BCUT2D eigenvalue weighted by Crippen LogP contribution is -2.42. The van der Waals surface area contributed by atoms with E-state index in [2.05, 4.69) is 10.3 Å². The second-order valence-electron chi connectivity index (χ2n) is 5.63. The van der Waals surface area contributed by atoms with Crippen LogP contribution in [-0.4, -0.2) is 46.6 Å². The smallest absolute Gasteiger partial charge is 0.317 e. The molecule has 2 aromatic heterocycles. The number of rotatable bonds is 5. The van der Waals surface area contributed by atoms with E-state index in [0.29, 0.717) is 19.0 Å². The predicted octanol–water partition coefficient (Wildman–Crippen LogP) is 1.90. The molecule has 1 aliphatic heterocycles. The van der Waals surface area contributed by atoms with Gasteiger partial charge in [0.2, 0.25) is 0 Å². The summed E-state index contributed by atoms with van der Waals surface area (Å²) in [5.41, 5.74) is 1.75. The number of carbonyl (C=O) groups excluding carboxylic acids is 1. The maximum atomic E-state index is 12.3. The van der Waals surface area contributed by atoms with Crippen molar-refractivity contribution in [1.82, 2.24) is 19.6 Å². The number of carbonyl (C=O) groups is 1. The number of pyridine rings is 1. The maximum absolute atomic E-state index is 12.3. The van der Waals surface area contributed by atoms with E-state index in [4.69, 9.17) is 4.74 Å². The van der Waals surface area contributed by atoms with E-state index >= 15 is 0 Å². The summed E-state index contributed by atoms with van der Waals surface area (Å²) in [6.45, 7) is 5.47. The third-order valence-electron chi connectivity index (χ3n) is 4.01. The normalized spacial score (nSPS) is 17.8. The van der Waals surface area contributed by atoms with Crippen LogP contribution in [0.3, 0.4) is 0 Å². The van der Waals surface area contributed by atoms with E-state index in [1.165, 1.54) is 0 Å². The van der Waals surface area contributed by atoms with Gasteiger partial charge in [0.1, 0.15) is 5.65 Å². The van der Waals surface area contributed by atoms with E-state index in [1.807, 2.05) is 46.8 Å². The zero-order valence-electron chi connectivity index (χ0n) is 12.9. The molecule has 0 saturated carbocycles. The first-order valence-corrected chi connectivity index (χ1v) is 7.79. The van der Waals surface area contributed by atoms with Crippen molar-refractivity contribution in [3.63, 3.8) is 0 Å². The van der Waals surface area contributed by atoms with Crippen molar-refractivity contribution >= 4 is 11.7 Å². The number of amides is 2. The van der Waals surface area contributed by atoms with Crippen LogP contribution in [0, 0.1) is 5.92 Å². The summed E-state index contributed by atoms with van der Waals surface area (Å²) in [6, 6.07) is 5.82. The molecule has 0 unspecified atom stereocenters. The summed E-state index contributed by atoms with van der Waals surface area (Å²) in [6.07, 6.45) is 4.93. The topological polar surface area (TPSA) is 58.9 Å². The fourth-order valence-electron chi connectivity index (χ4n) is 2.74. The molecule has 22 heavy (non-hydrogen) atoms. The Kier molecular flexibility index (Phi) is 4.58. The molecule has 0 aliphatic carbocycles. The van der Waals surface area contributed by atoms with E-state index in [-0.39, 0.29) is 6.03 Å². The van der Waals surface area contributed by atoms with Gasteiger partial charge in [0.15, 0.2) is 0 Å². The molecule has 0 radical (unpaired) electrons. The zero-order chi connectivity index (χ0) is 15.4. The van der Waals surface area contributed by atoms with Crippen LogP contribution in [0.1, 0.15) is 19.0 Å². The summed E-state index contributed by atoms with van der Waals surface area (Å²) < 4.78 is 7.33. The highest BCUT2D eigenvalue weighted by atomic mass is 16.5. The predicted molar refractivity (Wildman–Crippen MR) is 83.6 cm³/mol. The fraction of sp³-hybridized carbons (Fsp3) is 0.500. The summed E-state index contributed by atoms with van der Waals surface area (Å²) in [5.74, 6) is 0.459. The van der Waals surface area contributed by atoms with Crippen molar-refractivity contribution < 1.29 is 9.53 Å². The molecule has 2 aromatic rings. The van der Waals surface area contributed by atoms with Gasteiger partial charge < -0.3 is 19.4 Å². The minimum absolute atomic E-state index is 0.0357. The molecular weight excluding hydrogens is 280 g/mol. The lowest BCUT2D eigenvalue weighted by molar-refractivity contribution is 0.166. The summed E-state index contributed by atoms with van der Waals surface area (Å²) in [7, 11) is 0. The molecule has 0 spiro atoms. The molecule has 6 nitrogen and oxygen atoms in total. The second-order valence-corrected chi connectivity index (χ2v) is 5.63. The molecular formula is C16H22N4O2. The Morgan fingerprint density at radius 3 is 3.18 bits per heavy atom. The van der Waals surface area contributed by atoms with Crippen molar-refractivity contribution in [1.29, 1.82) is 0 Å². The Bertz CT molecular complexity index is 601. The Balaban J connectivity index is 1.55. The van der Waals surface area contributed by atoms with Crippen LogP contribution in [0.2, 0.25) is 0 Å². The number of nitrogens with one attached hydrogen (secondary N) is 1. The molecule has 1 saturated heterocycles. The molecule has 118 valence electrons. The van der Waals surface area contributed by atoms with Crippen LogP contribution in [0.15, 0.2) is 30.6 Å². The SMILES string of the molecule is CCN(C[C@@H]1CCOC1)C(=O)NCc1cn2ccccc2n1. The molecule has 0 aromatic carbocycles. The van der Waals surface area contributed by atoms with Crippen LogP contribution in [0.25, 0.3) is 5.65 Å². The minimum atomic E-state index is -0.0357. The monoisotopic (exact) mass is 302 g/mol. The van der Waals surface area contributed by atoms with Gasteiger partial charge in [-0.25, -0.2) is 9.78 Å². The van der Waals surface area contributed by atoms with Crippen LogP contribution < -0.4 is 5.32 Å². The molecule has 3 rings (SSSR count). The Hall–Kier alpha value is -2.08. The molecule has 1 fully saturated rings. The molecule has 6 heteroatoms. The van der Waals surface area contributed by atoms with Crippen LogP contribution in [0.5, 0.6) is 0 Å². The zero-order valence-corrected chi connectivity index (χ0v) is 12.9. The lowest BCUT2D eigenvalue weighted by atomic mass is 10.1. The fourth-order valence-corrected chi connectivity index (χ4v) is 2.74. The van der Waals surface area contributed by atoms with Crippen molar-refractivity contribution in [2.75, 3.05) is 26.3 Å². The highest BCUT2D eigenvalue weighted by molar-refractivity contribution is 5.74. The van der Waals surface area contributed by atoms with Crippen LogP contribution in [0.4, 0.5) is 4.79 Å². The summed E-state index contributed by atoms with van der Waals surface area (Å²) in [4.78, 5) is 18.6. The number of imidazole rings is 1. The quantitative estimate of drug-likeness (QED) is 0.918. The number of hydrogen-bond donors (Lipinski definition) is 1. The molecule has 1 aliphatic rings. The Morgan fingerprint density at radius 2 is 2.45 bits per heavy atom. The van der Waals surface area contributed by atoms with Gasteiger partial charge in [-0.3, -0.25) is 0 Å². The maximum Gasteiger partial charge on any atom is 0.317 e. The van der Waals surface area contributed by atoms with Gasteiger partial charge in [0, 0.05) is 38.0 Å². The van der Waals surface area contributed by atoms with Crippen LogP contribution in [-0.2, 0) is 11.3 Å². The highest BCUT2D eigenvalue weighted by Gasteiger charge is 2.21. The molecule has 3 heterocycles. The summed E-state index contributed by atoms with van der Waals surface area (Å²) >= 11 is 0. The number of fused-ring (bicyclic) bond motifs is 1. The minimum Gasteiger partial charge on any atom is -0.381 e. The Labute approximate surface area is 130 Å². The van der Waals surface area contributed by atoms with Gasteiger partial charge in [0.05, 0.1) is 18.8 Å². The largest absolute Gasteiger partial charge is 0.381 e. The second kappa shape index (κ2) is 6.79. The first-order valence-electron chi connectivity index (χ1n) is 7.79. The number of hydrogen-bond acceptors (Lipinski definition) is 3. The molecule has 2 amide bonds. The standard InChI is InChI=1S/C16H22N4O2/c1-2-19(10-13-6-8-22-12-13)16(21)17-9-14-11-20-7-4-3-5-15(20)18-14/h3-5,7,11,13H,2,6,8-10,12H2,1H3,(H,17,21)/t13-/m0/s1. The van der Waals surface area contributed by atoms with Crippen LogP contribution >= 0.6 is 0 Å². The first-order chi connectivity index (χ1) is 10.8. The number of ether oxygens (including phenoxy) is 1. The average molecular weight is 302 g/mol. The van der Waals surface area contributed by atoms with E-state index in [0.717, 1.165) is 37.5 Å². The molecule has 1 N–H and O–H groups in total. The van der Waals surface area contributed by atoms with Gasteiger partial charge >= 0.3 is 6.03 Å². The van der Waals surface area contributed by atoms with E-state index < -0.39 is 0 Å². The van der Waals surface area contributed by atoms with Crippen molar-refractivity contribution in [3.05, 3.63) is 36.3 Å². The first kappa shape index (κ1) is 14.8. The average Bonchev–Trinajstić information content (AvgIpc) is 3.18. The van der Waals surface area contributed by atoms with Gasteiger partial charge in [0.25, 0.3) is 0 Å². The lowest BCUT2D eigenvalue weighted by Gasteiger charge is -2.23. The third kappa shape index (κ3) is 3.39. The van der Waals surface area contributed by atoms with Gasteiger partial charge in [-0.1, -0.05) is 6.07 Å². The Morgan fingerprint density at radius 1 is 1.55 bits per heavy atom. The van der Waals surface area contributed by atoms with Crippen molar-refractivity contribution in [2.45, 2.75) is 19.9 Å². The number of nitrogens with zero attached hydrogens (tertiary/aromatic N) is 3. The highest BCUT2D eigenvalue weighted by Crippen LogP contribution is 2.14. The van der Waals surface area contributed by atoms with E-state index in [1.54, 1.807) is 0 Å².